The van der Waals surface area contributed by atoms with Gasteiger partial charge in [0.2, 0.25) is 0 Å². The predicted molar refractivity (Wildman–Crippen MR) is 50.8 cm³/mol. The molecule has 1 aliphatic heterocycles. The van der Waals surface area contributed by atoms with Crippen LogP contribution in [0.15, 0.2) is 0 Å². The number of likely N-dealkylation sites (tertiary alicyclic amines) is 1. The Morgan fingerprint density at radius 1 is 1.69 bits per heavy atom. The van der Waals surface area contributed by atoms with Crippen molar-refractivity contribution in [2.45, 2.75) is 25.3 Å². The Hall–Kier alpha value is -0.610. The van der Waals surface area contributed by atoms with E-state index in [-0.39, 0.29) is 0 Å². The summed E-state index contributed by atoms with van der Waals surface area (Å²) >= 11 is 0. The second-order valence-corrected chi connectivity index (χ2v) is 3.80. The largest absolute Gasteiger partial charge is 0.480 e. The lowest BCUT2D eigenvalue weighted by Gasteiger charge is -2.25. The highest BCUT2D eigenvalue weighted by molar-refractivity contribution is 5.79. The zero-order valence-electron chi connectivity index (χ0n) is 8.34. The van der Waals surface area contributed by atoms with Gasteiger partial charge in [-0.25, -0.2) is 0 Å². The van der Waals surface area contributed by atoms with Crippen molar-refractivity contribution in [1.29, 1.82) is 0 Å². The van der Waals surface area contributed by atoms with E-state index in [0.29, 0.717) is 13.0 Å². The van der Waals surface area contributed by atoms with Crippen molar-refractivity contribution in [3.05, 3.63) is 0 Å². The summed E-state index contributed by atoms with van der Waals surface area (Å²) in [5, 5.41) is 12.3. The van der Waals surface area contributed by atoms with E-state index in [1.54, 1.807) is 0 Å². The van der Waals surface area contributed by atoms with Gasteiger partial charge in [0.15, 0.2) is 0 Å². The van der Waals surface area contributed by atoms with Crippen LogP contribution < -0.4 is 5.32 Å². The Labute approximate surface area is 78.9 Å². The van der Waals surface area contributed by atoms with Gasteiger partial charge in [0.1, 0.15) is 5.54 Å². The molecule has 2 N–H and O–H groups in total. The van der Waals surface area contributed by atoms with Crippen LogP contribution in [0, 0.1) is 0 Å². The normalized spacial score (nSPS) is 29.4. The van der Waals surface area contributed by atoms with Crippen molar-refractivity contribution in [2.75, 3.05) is 26.7 Å². The van der Waals surface area contributed by atoms with Crippen LogP contribution in [0.4, 0.5) is 0 Å². The van der Waals surface area contributed by atoms with Crippen molar-refractivity contribution in [3.8, 4) is 0 Å². The van der Waals surface area contributed by atoms with Crippen LogP contribution in [-0.2, 0) is 4.79 Å². The fraction of sp³-hybridized carbons (Fsp3) is 0.889. The summed E-state index contributed by atoms with van der Waals surface area (Å²) in [4.78, 5) is 13.1. The van der Waals surface area contributed by atoms with Crippen molar-refractivity contribution >= 4 is 5.97 Å². The number of hydrogen-bond acceptors (Lipinski definition) is 3. The summed E-state index contributed by atoms with van der Waals surface area (Å²) in [6.07, 6.45) is 1.68. The molecular weight excluding hydrogens is 168 g/mol. The van der Waals surface area contributed by atoms with Gasteiger partial charge in [-0.3, -0.25) is 4.79 Å². The Morgan fingerprint density at radius 2 is 2.38 bits per heavy atom. The average Bonchev–Trinajstić information content (AvgIpc) is 2.45. The minimum absolute atomic E-state index is 0.613. The van der Waals surface area contributed by atoms with Gasteiger partial charge in [0.25, 0.3) is 0 Å². The van der Waals surface area contributed by atoms with E-state index in [9.17, 15) is 4.79 Å². The second-order valence-electron chi connectivity index (χ2n) is 3.80. The third kappa shape index (κ3) is 2.19. The molecule has 1 rings (SSSR count). The molecule has 0 aromatic rings. The molecule has 0 aromatic carbocycles. The number of carbonyl (C=O) groups is 1. The Kier molecular flexibility index (Phi) is 3.27. The van der Waals surface area contributed by atoms with Crippen LogP contribution in [-0.4, -0.2) is 48.2 Å². The summed E-state index contributed by atoms with van der Waals surface area (Å²) in [5.41, 5.74) is -0.690. The maximum absolute atomic E-state index is 11.1. The molecule has 0 amide bonds. The number of aliphatic carboxylic acids is 1. The topological polar surface area (TPSA) is 52.6 Å². The van der Waals surface area contributed by atoms with E-state index in [1.165, 1.54) is 0 Å². The van der Waals surface area contributed by atoms with Crippen LogP contribution in [0.2, 0.25) is 0 Å². The van der Waals surface area contributed by atoms with Gasteiger partial charge in [-0.05, 0) is 26.4 Å². The van der Waals surface area contributed by atoms with Crippen molar-refractivity contribution in [1.82, 2.24) is 10.2 Å². The minimum Gasteiger partial charge on any atom is -0.480 e. The molecule has 1 aliphatic rings. The molecular formula is C9H18N2O2. The van der Waals surface area contributed by atoms with Crippen LogP contribution >= 0.6 is 0 Å². The highest BCUT2D eigenvalue weighted by Crippen LogP contribution is 2.20. The Balaban J connectivity index is 2.60. The van der Waals surface area contributed by atoms with Crippen molar-refractivity contribution < 1.29 is 9.90 Å². The molecule has 76 valence electrons. The first-order valence-corrected chi connectivity index (χ1v) is 4.78. The number of hydrogen-bond donors (Lipinski definition) is 2. The maximum Gasteiger partial charge on any atom is 0.325 e. The monoisotopic (exact) mass is 186 g/mol. The molecule has 0 spiro atoms. The number of carboxylic acid groups (broad SMARTS) is 1. The third-order valence-corrected chi connectivity index (χ3v) is 2.58. The van der Waals surface area contributed by atoms with Gasteiger partial charge in [-0.1, -0.05) is 6.92 Å². The lowest BCUT2D eigenvalue weighted by atomic mass is 9.99. The third-order valence-electron chi connectivity index (χ3n) is 2.58. The van der Waals surface area contributed by atoms with Gasteiger partial charge >= 0.3 is 5.97 Å². The zero-order valence-corrected chi connectivity index (χ0v) is 8.34. The molecule has 1 fully saturated rings. The molecule has 4 heteroatoms. The smallest absolute Gasteiger partial charge is 0.325 e. The molecule has 0 aromatic heterocycles. The first-order valence-electron chi connectivity index (χ1n) is 4.78. The molecule has 13 heavy (non-hydrogen) atoms. The number of nitrogens with one attached hydrogen (secondary N) is 1. The standard InChI is InChI=1S/C9H18N2O2/c1-3-5-10-9(8(12)13)4-6-11(2)7-9/h10H,3-7H2,1-2H3,(H,12,13). The quantitative estimate of drug-likeness (QED) is 0.656. The SMILES string of the molecule is CCCNC1(C(=O)O)CCN(C)C1. The summed E-state index contributed by atoms with van der Waals surface area (Å²) in [5.74, 6) is -0.717. The van der Waals surface area contributed by atoms with Gasteiger partial charge in [0.05, 0.1) is 0 Å². The van der Waals surface area contributed by atoms with Gasteiger partial charge in [0, 0.05) is 13.1 Å². The number of rotatable bonds is 4. The molecule has 1 heterocycles. The summed E-state index contributed by atoms with van der Waals surface area (Å²) in [6, 6.07) is 0. The first kappa shape index (κ1) is 10.5. The average molecular weight is 186 g/mol. The molecule has 1 atom stereocenters. The molecule has 0 radical (unpaired) electrons. The van der Waals surface area contributed by atoms with E-state index in [2.05, 4.69) is 10.2 Å². The molecule has 1 unspecified atom stereocenters. The fourth-order valence-electron chi connectivity index (χ4n) is 1.76. The zero-order chi connectivity index (χ0) is 9.90. The molecule has 1 saturated heterocycles. The van der Waals surface area contributed by atoms with E-state index in [0.717, 1.165) is 19.5 Å². The number of carboxylic acids is 1. The Bertz CT molecular complexity index is 196. The van der Waals surface area contributed by atoms with Gasteiger partial charge in [-0.2, -0.15) is 0 Å². The molecule has 0 aliphatic carbocycles. The molecule has 4 nitrogen and oxygen atoms in total. The predicted octanol–water partition coefficient (Wildman–Crippen LogP) is 0.145. The first-order chi connectivity index (χ1) is 6.10. The van der Waals surface area contributed by atoms with E-state index < -0.39 is 11.5 Å². The van der Waals surface area contributed by atoms with Crippen LogP contribution in [0.25, 0.3) is 0 Å². The van der Waals surface area contributed by atoms with Crippen molar-refractivity contribution in [2.24, 2.45) is 0 Å². The van der Waals surface area contributed by atoms with E-state index >= 15 is 0 Å². The van der Waals surface area contributed by atoms with Gasteiger partial charge < -0.3 is 15.3 Å². The summed E-state index contributed by atoms with van der Waals surface area (Å²) in [7, 11) is 1.96. The van der Waals surface area contributed by atoms with Crippen LogP contribution in [0.3, 0.4) is 0 Å². The van der Waals surface area contributed by atoms with E-state index in [4.69, 9.17) is 5.11 Å². The summed E-state index contributed by atoms with van der Waals surface area (Å²) in [6.45, 7) is 4.30. The molecule has 0 bridgehead atoms. The van der Waals surface area contributed by atoms with Crippen molar-refractivity contribution in [3.63, 3.8) is 0 Å². The van der Waals surface area contributed by atoms with E-state index in [1.807, 2.05) is 14.0 Å². The van der Waals surface area contributed by atoms with Crippen LogP contribution in [0.5, 0.6) is 0 Å². The minimum atomic E-state index is -0.717. The van der Waals surface area contributed by atoms with Crippen LogP contribution in [0.1, 0.15) is 19.8 Å². The van der Waals surface area contributed by atoms with Gasteiger partial charge in [-0.15, -0.1) is 0 Å². The second kappa shape index (κ2) is 4.07. The highest BCUT2D eigenvalue weighted by atomic mass is 16.4. The number of likely N-dealkylation sites (N-methyl/N-ethyl adjacent to an activating group) is 1. The Morgan fingerprint density at radius 3 is 2.77 bits per heavy atom. The highest BCUT2D eigenvalue weighted by Gasteiger charge is 2.42. The maximum atomic E-state index is 11.1. The molecule has 0 saturated carbocycles. The lowest BCUT2D eigenvalue weighted by molar-refractivity contribution is -0.144. The lowest BCUT2D eigenvalue weighted by Crippen LogP contribution is -2.54. The summed E-state index contributed by atoms with van der Waals surface area (Å²) < 4.78 is 0. The fourth-order valence-corrected chi connectivity index (χ4v) is 1.76. The number of nitrogens with zero attached hydrogens (tertiary/aromatic N) is 1.